The number of amides is 2. The summed E-state index contributed by atoms with van der Waals surface area (Å²) < 4.78 is 9.83. The maximum Gasteiger partial charge on any atom is 0.316 e. The average Bonchev–Trinajstić information content (AvgIpc) is 3.09. The van der Waals surface area contributed by atoms with Crippen molar-refractivity contribution in [2.45, 2.75) is 32.1 Å². The Kier molecular flexibility index (Phi) is 8.06. The van der Waals surface area contributed by atoms with Crippen LogP contribution in [0.15, 0.2) is 40.9 Å². The summed E-state index contributed by atoms with van der Waals surface area (Å²) in [6.45, 7) is 4.86. The predicted molar refractivity (Wildman–Crippen MR) is 106 cm³/mol. The molecule has 0 aliphatic heterocycles. The van der Waals surface area contributed by atoms with Gasteiger partial charge in [-0.3, -0.25) is 14.4 Å². The van der Waals surface area contributed by atoms with E-state index in [1.165, 1.54) is 0 Å². The number of aromatic nitrogens is 1. The molecule has 1 heterocycles. The fourth-order valence-corrected chi connectivity index (χ4v) is 2.90. The first kappa shape index (κ1) is 21.5. The third kappa shape index (κ3) is 7.07. The number of esters is 1. The minimum atomic E-state index is -0.565. The second-order valence-electron chi connectivity index (χ2n) is 6.13. The zero-order valence-electron chi connectivity index (χ0n) is 15.9. The molecule has 2 aromatic rings. The number of benzene rings is 1. The first-order valence-electron chi connectivity index (χ1n) is 8.71. The van der Waals surface area contributed by atoms with Crippen molar-refractivity contribution < 1.29 is 23.6 Å². The maximum absolute atomic E-state index is 12.0. The molecule has 0 aliphatic rings. The highest BCUT2D eigenvalue weighted by atomic mass is 32.2. The van der Waals surface area contributed by atoms with E-state index in [0.29, 0.717) is 11.6 Å². The highest BCUT2D eigenvalue weighted by Crippen LogP contribution is 2.15. The summed E-state index contributed by atoms with van der Waals surface area (Å²) in [5, 5.41) is 8.53. The molecule has 1 aromatic heterocycles. The molecule has 28 heavy (non-hydrogen) atoms. The molecule has 2 rings (SSSR count). The van der Waals surface area contributed by atoms with Crippen LogP contribution < -0.4 is 10.6 Å². The first-order chi connectivity index (χ1) is 13.3. The Morgan fingerprint density at radius 3 is 2.57 bits per heavy atom. The van der Waals surface area contributed by atoms with Crippen molar-refractivity contribution in [3.8, 4) is 0 Å². The zero-order valence-corrected chi connectivity index (χ0v) is 16.7. The highest BCUT2D eigenvalue weighted by Gasteiger charge is 2.18. The van der Waals surface area contributed by atoms with E-state index in [9.17, 15) is 14.4 Å². The van der Waals surface area contributed by atoms with Crippen LogP contribution in [-0.4, -0.2) is 40.6 Å². The molecule has 0 bridgehead atoms. The van der Waals surface area contributed by atoms with Crippen molar-refractivity contribution in [2.75, 3.05) is 17.7 Å². The van der Waals surface area contributed by atoms with Crippen molar-refractivity contribution in [3.63, 3.8) is 0 Å². The Hall–Kier alpha value is -2.81. The smallest absolute Gasteiger partial charge is 0.316 e. The number of nitrogens with zero attached hydrogens (tertiary/aromatic N) is 1. The van der Waals surface area contributed by atoms with E-state index in [1.54, 1.807) is 19.9 Å². The molecule has 150 valence electrons. The van der Waals surface area contributed by atoms with E-state index in [4.69, 9.17) is 9.26 Å². The Balaban J connectivity index is 1.66. The molecule has 8 nitrogen and oxygen atoms in total. The number of thioether (sulfide) groups is 1. The van der Waals surface area contributed by atoms with Crippen LogP contribution in [0.4, 0.5) is 5.82 Å². The summed E-state index contributed by atoms with van der Waals surface area (Å²) in [5.74, 6) is -0.402. The topological polar surface area (TPSA) is 111 Å². The SMILES string of the molecule is Cc1cc(NC(=O)[C@H](C)SCC(=O)OCC(=O)N[C@H](C)c2ccccc2)no1. The molecule has 0 spiro atoms. The van der Waals surface area contributed by atoms with Crippen LogP contribution >= 0.6 is 11.8 Å². The number of carbonyl (C=O) groups is 3. The number of anilines is 1. The number of hydrogen-bond acceptors (Lipinski definition) is 7. The van der Waals surface area contributed by atoms with Crippen molar-refractivity contribution in [3.05, 3.63) is 47.7 Å². The summed E-state index contributed by atoms with van der Waals surface area (Å²) in [4.78, 5) is 35.7. The van der Waals surface area contributed by atoms with Crippen LogP contribution in [0.2, 0.25) is 0 Å². The number of nitrogens with one attached hydrogen (secondary N) is 2. The second-order valence-corrected chi connectivity index (χ2v) is 7.45. The van der Waals surface area contributed by atoms with Crippen LogP contribution in [0, 0.1) is 6.92 Å². The quantitative estimate of drug-likeness (QED) is 0.617. The van der Waals surface area contributed by atoms with E-state index in [-0.39, 0.29) is 30.2 Å². The van der Waals surface area contributed by atoms with Gasteiger partial charge in [-0.1, -0.05) is 35.5 Å². The molecule has 0 unspecified atom stereocenters. The Morgan fingerprint density at radius 1 is 1.21 bits per heavy atom. The number of rotatable bonds is 9. The Labute approximate surface area is 167 Å². The lowest BCUT2D eigenvalue weighted by Gasteiger charge is -2.14. The monoisotopic (exact) mass is 405 g/mol. The molecule has 0 saturated carbocycles. The van der Waals surface area contributed by atoms with Gasteiger partial charge in [-0.25, -0.2) is 0 Å². The van der Waals surface area contributed by atoms with E-state index in [0.717, 1.165) is 17.3 Å². The minimum absolute atomic E-state index is 0.0477. The third-order valence-electron chi connectivity index (χ3n) is 3.74. The van der Waals surface area contributed by atoms with Gasteiger partial charge in [0.05, 0.1) is 17.0 Å². The lowest BCUT2D eigenvalue weighted by atomic mass is 10.1. The normalized spacial score (nSPS) is 12.7. The molecule has 0 saturated heterocycles. The maximum atomic E-state index is 12.0. The first-order valence-corrected chi connectivity index (χ1v) is 9.75. The average molecular weight is 405 g/mol. The van der Waals surface area contributed by atoms with E-state index in [1.807, 2.05) is 37.3 Å². The fourth-order valence-electron chi connectivity index (χ4n) is 2.22. The van der Waals surface area contributed by atoms with Gasteiger partial charge in [0.25, 0.3) is 5.91 Å². The van der Waals surface area contributed by atoms with Gasteiger partial charge in [0.15, 0.2) is 12.4 Å². The largest absolute Gasteiger partial charge is 0.455 e. The zero-order chi connectivity index (χ0) is 20.5. The van der Waals surface area contributed by atoms with Crippen molar-refractivity contribution in [2.24, 2.45) is 0 Å². The number of hydrogen-bond donors (Lipinski definition) is 2. The molecule has 0 fully saturated rings. The van der Waals surface area contributed by atoms with Gasteiger partial charge in [0.2, 0.25) is 5.91 Å². The summed E-state index contributed by atoms with van der Waals surface area (Å²) in [7, 11) is 0. The van der Waals surface area contributed by atoms with Crippen molar-refractivity contribution in [1.82, 2.24) is 10.5 Å². The summed E-state index contributed by atoms with van der Waals surface area (Å²) in [6, 6.07) is 10.9. The van der Waals surface area contributed by atoms with Crippen LogP contribution in [0.5, 0.6) is 0 Å². The van der Waals surface area contributed by atoms with Crippen LogP contribution in [0.25, 0.3) is 0 Å². The molecular formula is C19H23N3O5S. The summed E-state index contributed by atoms with van der Waals surface area (Å²) in [5.41, 5.74) is 0.958. The summed E-state index contributed by atoms with van der Waals surface area (Å²) in [6.07, 6.45) is 0. The number of aryl methyl sites for hydroxylation is 1. The van der Waals surface area contributed by atoms with Crippen molar-refractivity contribution in [1.29, 1.82) is 0 Å². The standard InChI is InChI=1S/C19H23N3O5S/c1-12-9-16(22-27-12)21-19(25)14(3)28-11-18(24)26-10-17(23)20-13(2)15-7-5-4-6-8-15/h4-9,13-14H,10-11H2,1-3H3,(H,20,23)(H,21,22,25)/t13-,14+/m1/s1. The molecule has 0 aliphatic carbocycles. The van der Waals surface area contributed by atoms with Crippen LogP contribution in [0.3, 0.4) is 0 Å². The van der Waals surface area contributed by atoms with Crippen LogP contribution in [-0.2, 0) is 19.1 Å². The summed E-state index contributed by atoms with van der Waals surface area (Å²) >= 11 is 1.10. The lowest BCUT2D eigenvalue weighted by molar-refractivity contribution is -0.146. The van der Waals surface area contributed by atoms with Gasteiger partial charge in [0, 0.05) is 6.07 Å². The second kappa shape index (κ2) is 10.5. The molecular weight excluding hydrogens is 382 g/mol. The van der Waals surface area contributed by atoms with Gasteiger partial charge in [0.1, 0.15) is 5.76 Å². The van der Waals surface area contributed by atoms with E-state index in [2.05, 4.69) is 15.8 Å². The van der Waals surface area contributed by atoms with Crippen LogP contribution in [0.1, 0.15) is 31.2 Å². The van der Waals surface area contributed by atoms with Gasteiger partial charge < -0.3 is 19.9 Å². The highest BCUT2D eigenvalue weighted by molar-refractivity contribution is 8.01. The van der Waals surface area contributed by atoms with E-state index >= 15 is 0 Å². The Bertz CT molecular complexity index is 809. The molecule has 1 aromatic carbocycles. The number of carbonyl (C=O) groups excluding carboxylic acids is 3. The molecule has 2 atom stereocenters. The molecule has 2 N–H and O–H groups in total. The van der Waals surface area contributed by atoms with Gasteiger partial charge in [-0.2, -0.15) is 0 Å². The van der Waals surface area contributed by atoms with Gasteiger partial charge in [-0.05, 0) is 26.3 Å². The van der Waals surface area contributed by atoms with E-state index < -0.39 is 11.2 Å². The minimum Gasteiger partial charge on any atom is -0.455 e. The Morgan fingerprint density at radius 2 is 1.93 bits per heavy atom. The van der Waals surface area contributed by atoms with Crippen molar-refractivity contribution >= 4 is 35.4 Å². The molecule has 9 heteroatoms. The third-order valence-corrected chi connectivity index (χ3v) is 4.86. The fraction of sp³-hybridized carbons (Fsp3) is 0.368. The lowest BCUT2D eigenvalue weighted by Crippen LogP contribution is -2.31. The number of ether oxygens (including phenoxy) is 1. The van der Waals surface area contributed by atoms with Gasteiger partial charge in [-0.15, -0.1) is 11.8 Å². The molecule has 2 amide bonds. The predicted octanol–water partition coefficient (Wildman–Crippen LogP) is 2.46. The van der Waals surface area contributed by atoms with Gasteiger partial charge >= 0.3 is 5.97 Å². The molecule has 0 radical (unpaired) electrons.